The molecule has 8 aromatic heterocycles. The molecule has 8 aromatic rings. The van der Waals surface area contributed by atoms with Gasteiger partial charge in [0.05, 0.1) is 51.7 Å². The lowest BCUT2D eigenvalue weighted by Crippen LogP contribution is -2.50. The molecule has 0 radical (unpaired) electrons. The van der Waals surface area contributed by atoms with E-state index in [-0.39, 0.29) is 53.5 Å². The van der Waals surface area contributed by atoms with E-state index in [2.05, 4.69) is 92.8 Å². The summed E-state index contributed by atoms with van der Waals surface area (Å²) in [6, 6.07) is 0. The normalized spacial score (nSPS) is 36.3. The molecule has 14 rings (SSSR count). The van der Waals surface area contributed by atoms with Crippen molar-refractivity contribution in [1.29, 1.82) is 0 Å². The summed E-state index contributed by atoms with van der Waals surface area (Å²) in [5.74, 6) is 0.544. The van der Waals surface area contributed by atoms with Crippen molar-refractivity contribution < 1.29 is 83.9 Å². The summed E-state index contributed by atoms with van der Waals surface area (Å²) in [5.41, 5.74) is 26.3. The molecular weight excluding hydrogens is 1480 g/mol. The fraction of sp³-hybridized carbons (Fsp3) is 0.574. The molecule has 96 heavy (non-hydrogen) atoms. The van der Waals surface area contributed by atoms with Gasteiger partial charge < -0.3 is 88.7 Å². The van der Waals surface area contributed by atoms with Crippen LogP contribution in [0.15, 0.2) is 50.6 Å². The number of ether oxygens (including phenoxy) is 4. The summed E-state index contributed by atoms with van der Waals surface area (Å²) in [5, 5.41) is 8.84. The van der Waals surface area contributed by atoms with Crippen molar-refractivity contribution in [2.24, 2.45) is 0 Å². The molecule has 4 bridgehead atoms. The Morgan fingerprint density at radius 2 is 0.906 bits per heavy atom. The van der Waals surface area contributed by atoms with Gasteiger partial charge in [-0.25, -0.2) is 64.4 Å². The number of thiol groups is 1. The Morgan fingerprint density at radius 1 is 0.552 bits per heavy atom. The first-order valence-corrected chi connectivity index (χ1v) is 42.6. The minimum atomic E-state index is -4.31. The average molecular weight is 1550 g/mol. The molecule has 49 heteroatoms. The maximum absolute atomic E-state index is 14.2. The number of aromatic nitrogens is 16. The number of halogens is 2. The highest BCUT2D eigenvalue weighted by Gasteiger charge is 2.57. The number of anilines is 4. The van der Waals surface area contributed by atoms with Gasteiger partial charge >= 0.3 is 20.2 Å². The van der Waals surface area contributed by atoms with E-state index in [9.17, 15) is 24.4 Å². The highest BCUT2D eigenvalue weighted by atomic mass is 35.5. The van der Waals surface area contributed by atoms with Gasteiger partial charge in [0.25, 0.3) is 0 Å². The second-order valence-electron chi connectivity index (χ2n) is 23.6. The van der Waals surface area contributed by atoms with Gasteiger partial charge in [0.2, 0.25) is 0 Å². The number of hydrogen-bond donors (Lipinski definition) is 8. The van der Waals surface area contributed by atoms with Gasteiger partial charge in [-0.3, -0.25) is 31.8 Å². The van der Waals surface area contributed by atoms with E-state index in [4.69, 9.17) is 141 Å². The molecule has 6 aliphatic rings. The molecule has 522 valence electrons. The van der Waals surface area contributed by atoms with Crippen LogP contribution in [0.5, 0.6) is 0 Å². The van der Waals surface area contributed by atoms with Crippen molar-refractivity contribution in [1.82, 2.24) is 78.1 Å². The predicted octanol–water partition coefficient (Wildman–Crippen LogP) is 3.54. The number of aliphatic hydroxyl groups is 1. The Balaban J connectivity index is 0.000000183. The molecule has 4 unspecified atom stereocenters. The molecule has 0 aliphatic carbocycles. The summed E-state index contributed by atoms with van der Waals surface area (Å²) < 4.78 is 98.7. The number of imidazole rings is 4. The van der Waals surface area contributed by atoms with Crippen LogP contribution in [0.25, 0.3) is 44.7 Å². The minimum absolute atomic E-state index is 0. The third kappa shape index (κ3) is 14.0. The fourth-order valence-corrected chi connectivity index (χ4v) is 19.0. The minimum Gasteiger partial charge on any atom is -0.780 e. The van der Waals surface area contributed by atoms with Crippen molar-refractivity contribution in [3.8, 4) is 0 Å². The summed E-state index contributed by atoms with van der Waals surface area (Å²) in [7, 11) is -2.59. The van der Waals surface area contributed by atoms with Crippen LogP contribution < -0.4 is 27.8 Å². The standard InChI is InChI=1S/C26H37ClN10O9P2S2Si.C20H23ClN10O9P2S2.CH4/c1-26(2,3)51(4,5)46-18-13-7-41-47(38,49)44-17-12(42-24(14(17)27)36-10-34-15-20(28)30-8-32-22(15)36)6-40-48(39,50)45-19(18)25(43-13)37-11-35-16-21(29)31-9-33-23(16)37;21-9-13-8(38-19(9)30-5-28-10-15(22)24-3-26-17(10)30)2-36-42(34,44)40-14-12(32)7(1-35-41(33,43)39-13)37-20(14)31-6-29-11-16(23)25-4-27-18(11)31;/h8-14,17-19,24-25H,6-7H2,1-5H3,(H,38,49)(H,39,50)(H2,28,30,32)(H2,29,31,33);3-9,12-14,19-20,32H,1-2H2,(H,33,43)(H,34,44)(H2,22,24,26)(H2,23,25,27);1H4/p-1/t12-,13-,14-,17-,18-,19-,24-,25-,47?,48?;7-,8-,9-,12-,13-,14-,19-,20-,41?,42?;/m11./s1. The third-order valence-corrected chi connectivity index (χ3v) is 28.3. The van der Waals surface area contributed by atoms with E-state index in [1.165, 1.54) is 64.3 Å². The van der Waals surface area contributed by atoms with E-state index < -0.39 is 152 Å². The Hall–Kier alpha value is -3.95. The van der Waals surface area contributed by atoms with Crippen molar-refractivity contribution in [2.45, 2.75) is 143 Å². The summed E-state index contributed by atoms with van der Waals surface area (Å²) in [4.78, 5) is 85.9. The van der Waals surface area contributed by atoms with Crippen molar-refractivity contribution in [3.05, 3.63) is 50.6 Å². The predicted molar refractivity (Wildman–Crippen MR) is 356 cm³/mol. The SMILES string of the molecule is C.CC(C)(C)[Si](C)(C)O[C@H]1[C@H]2OP(=O)(S)OC[C@H]3O[C@@H](n4cnc5c(N)ncnc54)[C@H](Cl)[C@@H]3OP(O)(=S)OC[C@H]1O[C@H]2n1cnc2c(N)ncnc21.Nc1ncnc2c1ncn2[C@@H]1O[C@@H]2COP(O)(=S)O[C@@H]3[C@H](O)[C@@H](COP([O-])(=S)O[C@H]2[C@H]1Cl)O[C@H]3n1cnc2c(N)ncnc21. The van der Waals surface area contributed by atoms with Crippen molar-refractivity contribution >= 4 is 174 Å². The van der Waals surface area contributed by atoms with Crippen LogP contribution in [0.3, 0.4) is 0 Å². The molecule has 6 aliphatic heterocycles. The van der Waals surface area contributed by atoms with Gasteiger partial charge in [-0.05, 0) is 41.7 Å². The van der Waals surface area contributed by atoms with Gasteiger partial charge in [0, 0.05) is 0 Å². The lowest BCUT2D eigenvalue weighted by atomic mass is 10.1. The summed E-state index contributed by atoms with van der Waals surface area (Å²) in [6.07, 6.45) is -5.05. The number of nitrogens with two attached hydrogens (primary N) is 4. The molecule has 0 saturated carbocycles. The first-order valence-electron chi connectivity index (χ1n) is 28.4. The molecule has 38 nitrogen and oxygen atoms in total. The van der Waals surface area contributed by atoms with Crippen molar-refractivity contribution in [2.75, 3.05) is 49.4 Å². The largest absolute Gasteiger partial charge is 0.780 e. The number of alkyl halides is 2. The Labute approximate surface area is 575 Å². The zero-order valence-corrected chi connectivity index (χ0v) is 59.3. The van der Waals surface area contributed by atoms with E-state index in [1.807, 2.05) is 13.1 Å². The molecule has 11 N–H and O–H groups in total. The van der Waals surface area contributed by atoms with Crippen molar-refractivity contribution in [3.63, 3.8) is 0 Å². The quantitative estimate of drug-likeness (QED) is 0.0510. The second kappa shape index (κ2) is 27.1. The number of rotatable bonds is 6. The highest BCUT2D eigenvalue weighted by Crippen LogP contribution is 2.60. The van der Waals surface area contributed by atoms with E-state index >= 15 is 0 Å². The van der Waals surface area contributed by atoms with Crippen LogP contribution in [-0.2, 0) is 99.5 Å². The van der Waals surface area contributed by atoms with Gasteiger partial charge in [-0.2, -0.15) is 0 Å². The Morgan fingerprint density at radius 3 is 1.34 bits per heavy atom. The number of nitrogen functional groups attached to an aromatic ring is 4. The summed E-state index contributed by atoms with van der Waals surface area (Å²) >= 11 is 34.0. The zero-order valence-electron chi connectivity index (χ0n) is 49.8. The molecule has 6 saturated heterocycles. The number of aliphatic hydroxyl groups excluding tert-OH is 1. The maximum Gasteiger partial charge on any atom is 0.386 e. The lowest BCUT2D eigenvalue weighted by Gasteiger charge is -2.40. The highest BCUT2D eigenvalue weighted by molar-refractivity contribution is 8.44. The number of hydrogen-bond acceptors (Lipinski definition) is 35. The molecule has 6 fully saturated rings. The number of fused-ring (bicyclic) bond motifs is 10. The average Bonchev–Trinajstić information content (AvgIpc) is 1.55. The van der Waals surface area contributed by atoms with E-state index in [0.717, 1.165) is 0 Å². The van der Waals surface area contributed by atoms with Crippen LogP contribution in [0.2, 0.25) is 18.1 Å². The number of nitrogens with zero attached hydrogens (tertiary/aromatic N) is 16. The summed E-state index contributed by atoms with van der Waals surface area (Å²) in [6.45, 7) is -8.22. The van der Waals surface area contributed by atoms with Crippen LogP contribution in [0.1, 0.15) is 53.1 Å². The van der Waals surface area contributed by atoms with Gasteiger partial charge in [0.1, 0.15) is 126 Å². The maximum atomic E-state index is 14.2. The van der Waals surface area contributed by atoms with Crippen LogP contribution >= 0.6 is 62.4 Å². The van der Waals surface area contributed by atoms with E-state index in [1.54, 1.807) is 4.57 Å². The van der Waals surface area contributed by atoms with Crippen LogP contribution in [0.4, 0.5) is 23.3 Å². The fourth-order valence-electron chi connectivity index (χ4n) is 11.0. The van der Waals surface area contributed by atoms with Crippen LogP contribution in [-0.4, -0.2) is 200 Å². The molecule has 0 aromatic carbocycles. The van der Waals surface area contributed by atoms with Gasteiger partial charge in [0.15, 0.2) is 79.1 Å². The first-order chi connectivity index (χ1) is 44.8. The first kappa shape index (κ1) is 71.9. The second-order valence-corrected chi connectivity index (χ2v) is 40.6. The monoisotopic (exact) mass is 1550 g/mol. The smallest absolute Gasteiger partial charge is 0.386 e. The Kier molecular flexibility index (Phi) is 20.3. The van der Waals surface area contributed by atoms with Crippen LogP contribution in [0, 0.1) is 0 Å². The third-order valence-electron chi connectivity index (χ3n) is 16.6. The van der Waals surface area contributed by atoms with E-state index in [0.29, 0.717) is 33.5 Å². The Bertz CT molecular complexity index is 4440. The molecule has 0 amide bonds. The molecule has 20 atom stereocenters. The molecular formula is C47H63Cl2N20O18P4S4Si-. The lowest BCUT2D eigenvalue weighted by molar-refractivity contribution is -0.215. The van der Waals surface area contributed by atoms with Gasteiger partial charge in [-0.1, -0.05) is 52.3 Å². The zero-order chi connectivity index (χ0) is 67.6. The molecule has 0 spiro atoms. The topological polar surface area (TPSA) is 499 Å². The molecule has 14 heterocycles. The van der Waals surface area contributed by atoms with Gasteiger partial charge in [-0.15, -0.1) is 23.2 Å².